The fourth-order valence-corrected chi connectivity index (χ4v) is 3.04. The number of ether oxygens (including phenoxy) is 1. The molecule has 7 heteroatoms. The van der Waals surface area contributed by atoms with Gasteiger partial charge in [-0.2, -0.15) is 0 Å². The highest BCUT2D eigenvalue weighted by molar-refractivity contribution is 5.91. The lowest BCUT2D eigenvalue weighted by atomic mass is 10.1. The number of rotatable bonds is 8. The molecule has 0 saturated heterocycles. The zero-order valence-electron chi connectivity index (χ0n) is 15.9. The lowest BCUT2D eigenvalue weighted by molar-refractivity contribution is -0.137. The molecular weight excluding hydrogens is 375 g/mol. The van der Waals surface area contributed by atoms with Crippen LogP contribution in [0.4, 0.5) is 10.1 Å². The van der Waals surface area contributed by atoms with Crippen LogP contribution in [0, 0.1) is 5.82 Å². The number of carboxylic acids is 1. The molecule has 0 aliphatic carbocycles. The van der Waals surface area contributed by atoms with Crippen molar-refractivity contribution in [3.8, 4) is 17.0 Å². The minimum Gasteiger partial charge on any atom is -0.497 e. The zero-order chi connectivity index (χ0) is 20.8. The van der Waals surface area contributed by atoms with E-state index in [0.717, 1.165) is 17.0 Å². The number of aromatic nitrogens is 1. The van der Waals surface area contributed by atoms with Gasteiger partial charge in [0.1, 0.15) is 18.1 Å². The van der Waals surface area contributed by atoms with E-state index in [0.29, 0.717) is 11.4 Å². The molecule has 3 aromatic rings. The summed E-state index contributed by atoms with van der Waals surface area (Å²) in [6.45, 7) is 0.000686. The van der Waals surface area contributed by atoms with E-state index in [9.17, 15) is 14.0 Å². The Morgan fingerprint density at radius 3 is 2.34 bits per heavy atom. The number of nitrogens with one attached hydrogen (secondary N) is 1. The van der Waals surface area contributed by atoms with E-state index in [1.54, 1.807) is 54.1 Å². The molecular formula is C22H21FN2O4. The standard InChI is InChI=1S/C22H21FN2O4/c1-29-19-10-6-17(7-11-19)24-21(26)14-25-18(9-13-22(27)28)8-12-20(25)15-2-4-16(23)5-3-15/h2-8,10-12H,9,13-14H2,1H3,(H,24,26)(H,27,28). The fourth-order valence-electron chi connectivity index (χ4n) is 3.04. The fraction of sp³-hybridized carbons (Fsp3) is 0.182. The van der Waals surface area contributed by atoms with Gasteiger partial charge in [-0.3, -0.25) is 9.59 Å². The smallest absolute Gasteiger partial charge is 0.303 e. The molecule has 1 aromatic heterocycles. The number of carbonyl (C=O) groups excluding carboxylic acids is 1. The molecule has 0 fully saturated rings. The van der Waals surface area contributed by atoms with Crippen molar-refractivity contribution >= 4 is 17.6 Å². The summed E-state index contributed by atoms with van der Waals surface area (Å²) in [4.78, 5) is 23.6. The summed E-state index contributed by atoms with van der Waals surface area (Å²) in [7, 11) is 1.56. The molecule has 0 aliphatic rings. The van der Waals surface area contributed by atoms with Crippen molar-refractivity contribution < 1.29 is 23.8 Å². The quantitative estimate of drug-likeness (QED) is 0.604. The molecule has 2 aromatic carbocycles. The Kier molecular flexibility index (Phi) is 6.29. The van der Waals surface area contributed by atoms with Crippen molar-refractivity contribution in [2.45, 2.75) is 19.4 Å². The van der Waals surface area contributed by atoms with Gasteiger partial charge >= 0.3 is 5.97 Å². The average Bonchev–Trinajstić information content (AvgIpc) is 3.10. The summed E-state index contributed by atoms with van der Waals surface area (Å²) >= 11 is 0. The van der Waals surface area contributed by atoms with Crippen LogP contribution in [-0.4, -0.2) is 28.7 Å². The van der Waals surface area contributed by atoms with Crippen LogP contribution < -0.4 is 10.1 Å². The SMILES string of the molecule is COc1ccc(NC(=O)Cn2c(CCC(=O)O)ccc2-c2ccc(F)cc2)cc1. The third kappa shape index (κ3) is 5.22. The van der Waals surface area contributed by atoms with Gasteiger partial charge in [-0.25, -0.2) is 4.39 Å². The Morgan fingerprint density at radius 2 is 1.72 bits per heavy atom. The van der Waals surface area contributed by atoms with Crippen LogP contribution in [0.3, 0.4) is 0 Å². The molecule has 0 radical (unpaired) electrons. The predicted octanol–water partition coefficient (Wildman–Crippen LogP) is 3.96. The minimum atomic E-state index is -0.913. The number of hydrogen-bond donors (Lipinski definition) is 2. The Hall–Kier alpha value is -3.61. The number of anilines is 1. The molecule has 29 heavy (non-hydrogen) atoms. The van der Waals surface area contributed by atoms with Gasteiger partial charge in [0.2, 0.25) is 5.91 Å². The summed E-state index contributed by atoms with van der Waals surface area (Å²) in [6, 6.07) is 16.5. The van der Waals surface area contributed by atoms with E-state index in [2.05, 4.69) is 5.32 Å². The summed E-state index contributed by atoms with van der Waals surface area (Å²) in [5.41, 5.74) is 2.80. The highest BCUT2D eigenvalue weighted by atomic mass is 19.1. The highest BCUT2D eigenvalue weighted by Gasteiger charge is 2.15. The molecule has 2 N–H and O–H groups in total. The van der Waals surface area contributed by atoms with Crippen molar-refractivity contribution in [1.29, 1.82) is 0 Å². The number of carbonyl (C=O) groups is 2. The van der Waals surface area contributed by atoms with Crippen molar-refractivity contribution in [1.82, 2.24) is 4.57 Å². The first-order valence-corrected chi connectivity index (χ1v) is 9.06. The topological polar surface area (TPSA) is 80.6 Å². The molecule has 0 atom stereocenters. The Morgan fingerprint density at radius 1 is 1.03 bits per heavy atom. The van der Waals surface area contributed by atoms with Crippen molar-refractivity contribution in [3.63, 3.8) is 0 Å². The number of methoxy groups -OCH3 is 1. The molecule has 0 saturated carbocycles. The number of aliphatic carboxylic acids is 1. The van der Waals surface area contributed by atoms with E-state index in [-0.39, 0.29) is 31.1 Å². The van der Waals surface area contributed by atoms with Crippen LogP contribution in [0.5, 0.6) is 5.75 Å². The van der Waals surface area contributed by atoms with Crippen LogP contribution in [-0.2, 0) is 22.6 Å². The molecule has 0 spiro atoms. The third-order valence-corrected chi connectivity index (χ3v) is 4.48. The van der Waals surface area contributed by atoms with E-state index in [1.165, 1.54) is 12.1 Å². The summed E-state index contributed by atoms with van der Waals surface area (Å²) in [6.07, 6.45) is 0.235. The van der Waals surface area contributed by atoms with Gasteiger partial charge in [0.15, 0.2) is 0 Å². The molecule has 0 aliphatic heterocycles. The molecule has 150 valence electrons. The van der Waals surface area contributed by atoms with Gasteiger partial charge in [-0.15, -0.1) is 0 Å². The number of halogens is 1. The van der Waals surface area contributed by atoms with Crippen LogP contribution in [0.15, 0.2) is 60.7 Å². The Balaban J connectivity index is 1.83. The van der Waals surface area contributed by atoms with Gasteiger partial charge in [0.25, 0.3) is 0 Å². The number of nitrogens with zero attached hydrogens (tertiary/aromatic N) is 1. The molecule has 1 amide bonds. The van der Waals surface area contributed by atoms with E-state index in [4.69, 9.17) is 9.84 Å². The normalized spacial score (nSPS) is 10.6. The van der Waals surface area contributed by atoms with Gasteiger partial charge in [0, 0.05) is 17.1 Å². The van der Waals surface area contributed by atoms with Crippen LogP contribution in [0.1, 0.15) is 12.1 Å². The van der Waals surface area contributed by atoms with E-state index < -0.39 is 5.97 Å². The van der Waals surface area contributed by atoms with Crippen molar-refractivity contribution in [2.24, 2.45) is 0 Å². The van der Waals surface area contributed by atoms with Crippen LogP contribution in [0.25, 0.3) is 11.3 Å². The molecule has 1 heterocycles. The average molecular weight is 396 g/mol. The first-order valence-electron chi connectivity index (χ1n) is 9.06. The van der Waals surface area contributed by atoms with Crippen LogP contribution >= 0.6 is 0 Å². The number of hydrogen-bond acceptors (Lipinski definition) is 3. The lowest BCUT2D eigenvalue weighted by Crippen LogP contribution is -2.21. The van der Waals surface area contributed by atoms with Gasteiger partial charge in [0.05, 0.1) is 13.5 Å². The van der Waals surface area contributed by atoms with Gasteiger partial charge in [-0.1, -0.05) is 0 Å². The lowest BCUT2D eigenvalue weighted by Gasteiger charge is -2.14. The van der Waals surface area contributed by atoms with Crippen LogP contribution in [0.2, 0.25) is 0 Å². The van der Waals surface area contributed by atoms with E-state index in [1.807, 2.05) is 6.07 Å². The first kappa shape index (κ1) is 20.1. The molecule has 6 nitrogen and oxygen atoms in total. The largest absolute Gasteiger partial charge is 0.497 e. The molecule has 0 unspecified atom stereocenters. The van der Waals surface area contributed by atoms with Gasteiger partial charge in [-0.05, 0) is 72.6 Å². The molecule has 0 bridgehead atoms. The number of aryl methyl sites for hydroxylation is 1. The second-order valence-corrected chi connectivity index (χ2v) is 6.47. The highest BCUT2D eigenvalue weighted by Crippen LogP contribution is 2.24. The second-order valence-electron chi connectivity index (χ2n) is 6.47. The monoisotopic (exact) mass is 396 g/mol. The predicted molar refractivity (Wildman–Crippen MR) is 107 cm³/mol. The maximum absolute atomic E-state index is 13.3. The van der Waals surface area contributed by atoms with Crippen molar-refractivity contribution in [3.05, 3.63) is 72.2 Å². The second kappa shape index (κ2) is 9.05. The third-order valence-electron chi connectivity index (χ3n) is 4.48. The number of amides is 1. The Bertz CT molecular complexity index is 995. The zero-order valence-corrected chi connectivity index (χ0v) is 15.9. The summed E-state index contributed by atoms with van der Waals surface area (Å²) < 4.78 is 20.1. The van der Waals surface area contributed by atoms with E-state index >= 15 is 0 Å². The molecule has 3 rings (SSSR count). The number of benzene rings is 2. The first-order chi connectivity index (χ1) is 14.0. The summed E-state index contributed by atoms with van der Waals surface area (Å²) in [5, 5.41) is 11.8. The minimum absolute atomic E-state index is 0.000686. The maximum atomic E-state index is 13.3. The summed E-state index contributed by atoms with van der Waals surface area (Å²) in [5.74, 6) is -0.840. The number of carboxylic acid groups (broad SMARTS) is 1. The maximum Gasteiger partial charge on any atom is 0.303 e. The van der Waals surface area contributed by atoms with Gasteiger partial charge < -0.3 is 19.7 Å². The Labute approximate surface area is 167 Å². The van der Waals surface area contributed by atoms with Crippen molar-refractivity contribution in [2.75, 3.05) is 12.4 Å².